The number of aliphatic hydroxyl groups excluding tert-OH is 1. The monoisotopic (exact) mass is 272 g/mol. The number of ether oxygens (including phenoxy) is 1. The van der Waals surface area contributed by atoms with Crippen molar-refractivity contribution in [2.45, 2.75) is 25.6 Å². The first kappa shape index (κ1) is 13.3. The maximum Gasteiger partial charge on any atom is 0.347 e. The highest BCUT2D eigenvalue weighted by molar-refractivity contribution is 7.17. The van der Waals surface area contributed by atoms with Gasteiger partial charge in [0.2, 0.25) is 0 Å². The van der Waals surface area contributed by atoms with Crippen LogP contribution in [0, 0.1) is 0 Å². The summed E-state index contributed by atoms with van der Waals surface area (Å²) in [4.78, 5) is 17.1. The molecule has 0 amide bonds. The van der Waals surface area contributed by atoms with Crippen molar-refractivity contribution in [2.24, 2.45) is 0 Å². The molecular weight excluding hydrogens is 256 g/mol. The zero-order valence-corrected chi connectivity index (χ0v) is 11.1. The summed E-state index contributed by atoms with van der Waals surface area (Å²) >= 11 is 1.14. The van der Waals surface area contributed by atoms with Crippen LogP contribution < -0.4 is 4.90 Å². The fourth-order valence-corrected chi connectivity index (χ4v) is 2.81. The van der Waals surface area contributed by atoms with Gasteiger partial charge in [-0.25, -0.2) is 9.78 Å². The first-order chi connectivity index (χ1) is 8.41. The second kappa shape index (κ2) is 4.83. The van der Waals surface area contributed by atoms with Crippen LogP contribution in [0.1, 0.15) is 23.5 Å². The Balaban J connectivity index is 2.18. The van der Waals surface area contributed by atoms with Gasteiger partial charge < -0.3 is 19.8 Å². The van der Waals surface area contributed by atoms with Crippen molar-refractivity contribution in [3.8, 4) is 0 Å². The summed E-state index contributed by atoms with van der Waals surface area (Å²) in [5.41, 5.74) is -0.388. The van der Waals surface area contributed by atoms with Gasteiger partial charge in [0.15, 0.2) is 5.13 Å². The normalized spacial score (nSPS) is 23.1. The summed E-state index contributed by atoms with van der Waals surface area (Å²) in [5.74, 6) is -0.968. The van der Waals surface area contributed by atoms with Crippen LogP contribution >= 0.6 is 11.3 Å². The number of anilines is 1. The van der Waals surface area contributed by atoms with Gasteiger partial charge in [-0.2, -0.15) is 0 Å². The quantitative estimate of drug-likeness (QED) is 0.847. The van der Waals surface area contributed by atoms with Gasteiger partial charge in [-0.3, -0.25) is 0 Å². The molecule has 1 aromatic rings. The minimum atomic E-state index is -0.968. The van der Waals surface area contributed by atoms with E-state index in [2.05, 4.69) is 4.98 Å². The van der Waals surface area contributed by atoms with E-state index in [1.807, 2.05) is 18.7 Å². The molecule has 1 fully saturated rings. The largest absolute Gasteiger partial charge is 0.477 e. The third-order valence-corrected chi connectivity index (χ3v) is 3.71. The molecule has 0 spiro atoms. The molecule has 2 heterocycles. The number of rotatable bonds is 3. The lowest BCUT2D eigenvalue weighted by Crippen LogP contribution is -2.54. The molecule has 1 aromatic heterocycles. The first-order valence-electron chi connectivity index (χ1n) is 5.64. The predicted octanol–water partition coefficient (Wildman–Crippen LogP) is 0.817. The topological polar surface area (TPSA) is 82.9 Å². The van der Waals surface area contributed by atoms with Crippen molar-refractivity contribution in [1.82, 2.24) is 4.98 Å². The molecule has 0 aliphatic carbocycles. The lowest BCUT2D eigenvalue weighted by molar-refractivity contribution is -0.101. The highest BCUT2D eigenvalue weighted by Crippen LogP contribution is 2.29. The molecule has 1 aliphatic rings. The third-order valence-electron chi connectivity index (χ3n) is 2.66. The van der Waals surface area contributed by atoms with Gasteiger partial charge in [-0.05, 0) is 13.8 Å². The summed E-state index contributed by atoms with van der Waals surface area (Å²) in [6, 6.07) is 0. The van der Waals surface area contributed by atoms with E-state index < -0.39 is 5.97 Å². The molecule has 1 unspecified atom stereocenters. The van der Waals surface area contributed by atoms with Gasteiger partial charge in [0.25, 0.3) is 0 Å². The standard InChI is InChI=1S/C11H16N2O4S/c1-11(2)6-13(4-7(5-14)17-11)10-12-3-8(18-10)9(15)16/h3,7,14H,4-6H2,1-2H3,(H,15,16). The lowest BCUT2D eigenvalue weighted by Gasteiger charge is -2.42. The number of carboxylic acids is 1. The van der Waals surface area contributed by atoms with Crippen molar-refractivity contribution >= 4 is 22.4 Å². The average Bonchev–Trinajstić information content (AvgIpc) is 2.76. The van der Waals surface area contributed by atoms with E-state index in [1.54, 1.807) is 0 Å². The number of nitrogens with zero attached hydrogens (tertiary/aromatic N) is 2. The fraction of sp³-hybridized carbons (Fsp3) is 0.636. The third kappa shape index (κ3) is 2.80. The Morgan fingerprint density at radius 2 is 2.44 bits per heavy atom. The second-order valence-electron chi connectivity index (χ2n) is 4.87. The second-order valence-corrected chi connectivity index (χ2v) is 5.88. The molecule has 0 saturated carbocycles. The number of carbonyl (C=O) groups is 1. The molecule has 2 rings (SSSR count). The van der Waals surface area contributed by atoms with E-state index in [4.69, 9.17) is 9.84 Å². The van der Waals surface area contributed by atoms with E-state index >= 15 is 0 Å². The van der Waals surface area contributed by atoms with Crippen molar-refractivity contribution < 1.29 is 19.7 Å². The number of aliphatic hydroxyl groups is 1. The Labute approximate surface area is 109 Å². The maximum absolute atomic E-state index is 10.8. The van der Waals surface area contributed by atoms with Gasteiger partial charge in [0.05, 0.1) is 24.5 Å². The number of carboxylic acid groups (broad SMARTS) is 1. The summed E-state index contributed by atoms with van der Waals surface area (Å²) in [6.45, 7) is 4.96. The minimum Gasteiger partial charge on any atom is -0.477 e. The summed E-state index contributed by atoms with van der Waals surface area (Å²) in [6.07, 6.45) is 1.09. The van der Waals surface area contributed by atoms with E-state index in [0.717, 1.165) is 11.3 Å². The molecule has 1 aliphatic heterocycles. The van der Waals surface area contributed by atoms with Gasteiger partial charge in [0.1, 0.15) is 4.88 Å². The van der Waals surface area contributed by atoms with Crippen LogP contribution in [0.3, 0.4) is 0 Å². The zero-order chi connectivity index (χ0) is 13.3. The van der Waals surface area contributed by atoms with Crippen LogP contribution in [0.4, 0.5) is 5.13 Å². The Kier molecular flexibility index (Phi) is 3.56. The molecule has 1 atom stereocenters. The van der Waals surface area contributed by atoms with Crippen molar-refractivity contribution in [2.75, 3.05) is 24.6 Å². The van der Waals surface area contributed by atoms with Crippen molar-refractivity contribution in [1.29, 1.82) is 0 Å². The Hall–Kier alpha value is -1.18. The van der Waals surface area contributed by atoms with Crippen LogP contribution in [0.15, 0.2) is 6.20 Å². The van der Waals surface area contributed by atoms with Crippen molar-refractivity contribution in [3.63, 3.8) is 0 Å². The SMILES string of the molecule is CC1(C)CN(c2ncc(C(=O)O)s2)CC(CO)O1. The molecule has 1 saturated heterocycles. The van der Waals surface area contributed by atoms with E-state index in [-0.39, 0.29) is 23.2 Å². The Bertz CT molecular complexity index is 446. The lowest BCUT2D eigenvalue weighted by atomic mass is 10.1. The first-order valence-corrected chi connectivity index (χ1v) is 6.46. The minimum absolute atomic E-state index is 0.0584. The molecular formula is C11H16N2O4S. The highest BCUT2D eigenvalue weighted by Gasteiger charge is 2.34. The number of aromatic nitrogens is 1. The molecule has 6 nitrogen and oxygen atoms in total. The zero-order valence-electron chi connectivity index (χ0n) is 10.3. The molecule has 7 heteroatoms. The molecule has 100 valence electrons. The van der Waals surface area contributed by atoms with E-state index in [9.17, 15) is 9.90 Å². The van der Waals surface area contributed by atoms with Crippen LogP contribution in [0.25, 0.3) is 0 Å². The van der Waals surface area contributed by atoms with Gasteiger partial charge in [-0.15, -0.1) is 0 Å². The number of aromatic carboxylic acids is 1. The smallest absolute Gasteiger partial charge is 0.347 e. The summed E-state index contributed by atoms with van der Waals surface area (Å²) < 4.78 is 5.70. The maximum atomic E-state index is 10.8. The van der Waals surface area contributed by atoms with Gasteiger partial charge >= 0.3 is 5.97 Å². The van der Waals surface area contributed by atoms with E-state index in [1.165, 1.54) is 6.20 Å². The molecule has 0 aromatic carbocycles. The van der Waals surface area contributed by atoms with Crippen LogP contribution in [0.5, 0.6) is 0 Å². The summed E-state index contributed by atoms with van der Waals surface area (Å²) in [5, 5.41) is 18.8. The van der Waals surface area contributed by atoms with Crippen LogP contribution in [-0.2, 0) is 4.74 Å². The molecule has 18 heavy (non-hydrogen) atoms. The van der Waals surface area contributed by atoms with E-state index in [0.29, 0.717) is 18.2 Å². The Morgan fingerprint density at radius 1 is 1.72 bits per heavy atom. The van der Waals surface area contributed by atoms with Gasteiger partial charge in [-0.1, -0.05) is 11.3 Å². The molecule has 0 radical (unpaired) electrons. The van der Waals surface area contributed by atoms with Crippen LogP contribution in [-0.4, -0.2) is 52.6 Å². The summed E-state index contributed by atoms with van der Waals surface area (Å²) in [7, 11) is 0. The molecule has 0 bridgehead atoms. The average molecular weight is 272 g/mol. The van der Waals surface area contributed by atoms with Gasteiger partial charge in [0, 0.05) is 13.1 Å². The highest BCUT2D eigenvalue weighted by atomic mass is 32.1. The number of morpholine rings is 1. The number of thiazole rings is 1. The fourth-order valence-electron chi connectivity index (χ4n) is 2.05. The van der Waals surface area contributed by atoms with Crippen LogP contribution in [0.2, 0.25) is 0 Å². The number of hydrogen-bond donors (Lipinski definition) is 2. The number of hydrogen-bond acceptors (Lipinski definition) is 6. The van der Waals surface area contributed by atoms with Crippen molar-refractivity contribution in [3.05, 3.63) is 11.1 Å². The molecule has 2 N–H and O–H groups in total. The predicted molar refractivity (Wildman–Crippen MR) is 67.3 cm³/mol. The Morgan fingerprint density at radius 3 is 3.00 bits per heavy atom.